The summed E-state index contributed by atoms with van der Waals surface area (Å²) in [5.74, 6) is 1.09. The fourth-order valence-electron chi connectivity index (χ4n) is 4.29. The summed E-state index contributed by atoms with van der Waals surface area (Å²) in [6.45, 7) is 5.56. The van der Waals surface area contributed by atoms with Crippen molar-refractivity contribution in [3.8, 4) is 5.75 Å². The maximum Gasteiger partial charge on any atom is 0.245 e. The molecule has 0 saturated heterocycles. The molecule has 0 fully saturated rings. The van der Waals surface area contributed by atoms with Crippen LogP contribution in [-0.4, -0.2) is 11.2 Å². The highest BCUT2D eigenvalue weighted by Crippen LogP contribution is 2.40. The summed E-state index contributed by atoms with van der Waals surface area (Å²) in [4.78, 5) is 0. The SMILES string of the molecule is C=CC[n+]1cn(C2CCc3cc4c(cc32)OCC4)c2ccccc21.[Br-]. The molecule has 5 rings (SSSR count). The number of halogens is 1. The first-order chi connectivity index (χ1) is 11.8. The van der Waals surface area contributed by atoms with Gasteiger partial charge in [0.05, 0.1) is 6.61 Å². The molecule has 1 unspecified atom stereocenters. The third-order valence-corrected chi connectivity index (χ3v) is 5.39. The average Bonchev–Trinajstić information content (AvgIpc) is 3.30. The molecule has 3 aromatic rings. The van der Waals surface area contributed by atoms with E-state index in [-0.39, 0.29) is 17.0 Å². The summed E-state index contributed by atoms with van der Waals surface area (Å²) in [5.41, 5.74) is 6.87. The standard InChI is InChI=1S/C21H21N2O.BrH/c1-2-10-22-14-23(20-6-4-3-5-19(20)22)18-8-7-15-12-16-9-11-24-21(16)13-17(15)18;/h2-6,12-14,18H,1,7-11H2;1H/q+1;/p-1. The molecular weight excluding hydrogens is 376 g/mol. The molecule has 128 valence electrons. The Hall–Kier alpha value is -2.07. The molecule has 0 radical (unpaired) electrons. The van der Waals surface area contributed by atoms with Gasteiger partial charge in [-0.05, 0) is 42.2 Å². The highest BCUT2D eigenvalue weighted by Gasteiger charge is 2.32. The Kier molecular flexibility index (Phi) is 4.16. The molecule has 1 aliphatic carbocycles. The molecule has 25 heavy (non-hydrogen) atoms. The minimum absolute atomic E-state index is 0. The van der Waals surface area contributed by atoms with Gasteiger partial charge in [-0.15, -0.1) is 0 Å². The fraction of sp³-hybridized carbons (Fsp3) is 0.286. The zero-order valence-electron chi connectivity index (χ0n) is 14.1. The molecule has 3 nitrogen and oxygen atoms in total. The van der Waals surface area contributed by atoms with Crippen LogP contribution in [0.4, 0.5) is 0 Å². The van der Waals surface area contributed by atoms with E-state index in [2.05, 4.69) is 58.4 Å². The zero-order valence-corrected chi connectivity index (χ0v) is 15.7. The van der Waals surface area contributed by atoms with Crippen molar-refractivity contribution in [2.45, 2.75) is 31.8 Å². The summed E-state index contributed by atoms with van der Waals surface area (Å²) in [6.07, 6.45) is 7.57. The molecule has 2 aromatic carbocycles. The van der Waals surface area contributed by atoms with Gasteiger partial charge in [-0.3, -0.25) is 0 Å². The predicted molar refractivity (Wildman–Crippen MR) is 94.4 cm³/mol. The van der Waals surface area contributed by atoms with Gasteiger partial charge in [-0.25, -0.2) is 9.13 Å². The fourth-order valence-corrected chi connectivity index (χ4v) is 4.29. The second-order valence-corrected chi connectivity index (χ2v) is 6.76. The maximum atomic E-state index is 5.81. The number of aryl methyl sites for hydroxylation is 1. The number of nitrogens with zero attached hydrogens (tertiary/aromatic N) is 2. The van der Waals surface area contributed by atoms with Crippen molar-refractivity contribution >= 4 is 11.0 Å². The second kappa shape index (κ2) is 6.34. The summed E-state index contributed by atoms with van der Waals surface area (Å²) < 4.78 is 10.5. The Morgan fingerprint density at radius 2 is 2.08 bits per heavy atom. The zero-order chi connectivity index (χ0) is 16.1. The molecule has 2 heterocycles. The Bertz CT molecular complexity index is 960. The molecule has 0 amide bonds. The van der Waals surface area contributed by atoms with Gasteiger partial charge in [0.2, 0.25) is 6.33 Å². The van der Waals surface area contributed by atoms with Crippen molar-refractivity contribution in [3.05, 3.63) is 72.1 Å². The van der Waals surface area contributed by atoms with Gasteiger partial charge in [-0.1, -0.05) is 30.9 Å². The Labute approximate surface area is 158 Å². The number of benzene rings is 2. The summed E-state index contributed by atoms with van der Waals surface area (Å²) >= 11 is 0. The van der Waals surface area contributed by atoms with Gasteiger partial charge < -0.3 is 21.7 Å². The van der Waals surface area contributed by atoms with Crippen LogP contribution < -0.4 is 26.3 Å². The molecule has 2 aliphatic rings. The topological polar surface area (TPSA) is 18.0 Å². The highest BCUT2D eigenvalue weighted by molar-refractivity contribution is 5.72. The lowest BCUT2D eigenvalue weighted by atomic mass is 10.0. The first kappa shape index (κ1) is 16.4. The van der Waals surface area contributed by atoms with E-state index in [0.717, 1.165) is 38.2 Å². The molecule has 0 N–H and O–H groups in total. The van der Waals surface area contributed by atoms with E-state index in [1.54, 1.807) is 0 Å². The van der Waals surface area contributed by atoms with Crippen molar-refractivity contribution in [3.63, 3.8) is 0 Å². The number of hydrogen-bond acceptors (Lipinski definition) is 1. The number of hydrogen-bond donors (Lipinski definition) is 0. The lowest BCUT2D eigenvalue weighted by molar-refractivity contribution is -0.661. The number of aromatic nitrogens is 2. The summed E-state index contributed by atoms with van der Waals surface area (Å²) in [7, 11) is 0. The van der Waals surface area contributed by atoms with E-state index >= 15 is 0 Å². The lowest BCUT2D eigenvalue weighted by Crippen LogP contribution is -3.00. The van der Waals surface area contributed by atoms with Crippen molar-refractivity contribution in [2.24, 2.45) is 0 Å². The third kappa shape index (κ3) is 2.51. The number of para-hydroxylation sites is 2. The number of imidazole rings is 1. The van der Waals surface area contributed by atoms with Crippen molar-refractivity contribution in [2.75, 3.05) is 6.61 Å². The van der Waals surface area contributed by atoms with E-state index < -0.39 is 0 Å². The van der Waals surface area contributed by atoms with E-state index in [4.69, 9.17) is 4.74 Å². The molecule has 1 aliphatic heterocycles. The average molecular weight is 397 g/mol. The number of rotatable bonds is 3. The van der Waals surface area contributed by atoms with Gasteiger partial charge in [0.1, 0.15) is 18.3 Å². The summed E-state index contributed by atoms with van der Waals surface area (Å²) in [5, 5.41) is 0. The van der Waals surface area contributed by atoms with Crippen LogP contribution in [0.1, 0.15) is 29.2 Å². The van der Waals surface area contributed by atoms with Gasteiger partial charge >= 0.3 is 0 Å². The van der Waals surface area contributed by atoms with Crippen LogP contribution in [0.2, 0.25) is 0 Å². The maximum absolute atomic E-state index is 5.81. The highest BCUT2D eigenvalue weighted by atomic mass is 79.9. The normalized spacial score (nSPS) is 17.7. The minimum Gasteiger partial charge on any atom is -1.00 e. The monoisotopic (exact) mass is 396 g/mol. The molecule has 0 saturated carbocycles. The predicted octanol–water partition coefficient (Wildman–Crippen LogP) is 0.589. The van der Waals surface area contributed by atoms with Crippen LogP contribution in [0.5, 0.6) is 5.75 Å². The van der Waals surface area contributed by atoms with Gasteiger partial charge in [0.15, 0.2) is 11.0 Å². The van der Waals surface area contributed by atoms with E-state index in [1.165, 1.54) is 27.7 Å². The number of fused-ring (bicyclic) bond motifs is 3. The Morgan fingerprint density at radius 3 is 2.96 bits per heavy atom. The van der Waals surface area contributed by atoms with Crippen molar-refractivity contribution in [1.82, 2.24) is 4.57 Å². The van der Waals surface area contributed by atoms with Crippen LogP contribution in [-0.2, 0) is 19.4 Å². The smallest absolute Gasteiger partial charge is 0.245 e. The molecule has 1 atom stereocenters. The van der Waals surface area contributed by atoms with Crippen LogP contribution >= 0.6 is 0 Å². The van der Waals surface area contributed by atoms with Crippen molar-refractivity contribution < 1.29 is 26.3 Å². The first-order valence-electron chi connectivity index (χ1n) is 8.73. The van der Waals surface area contributed by atoms with Gasteiger partial charge in [0.25, 0.3) is 0 Å². The quantitative estimate of drug-likeness (QED) is 0.468. The Balaban J connectivity index is 0.00000157. The number of allylic oxidation sites excluding steroid dienone is 1. The van der Waals surface area contributed by atoms with E-state index in [9.17, 15) is 0 Å². The number of ether oxygens (including phenoxy) is 1. The molecule has 0 bridgehead atoms. The van der Waals surface area contributed by atoms with E-state index in [1.807, 2.05) is 6.08 Å². The van der Waals surface area contributed by atoms with Crippen LogP contribution in [0.3, 0.4) is 0 Å². The lowest BCUT2D eigenvalue weighted by Gasteiger charge is -2.10. The summed E-state index contributed by atoms with van der Waals surface area (Å²) in [6, 6.07) is 13.7. The molecule has 1 aromatic heterocycles. The van der Waals surface area contributed by atoms with E-state index in [0.29, 0.717) is 6.04 Å². The molecule has 0 spiro atoms. The van der Waals surface area contributed by atoms with Gasteiger partial charge in [0, 0.05) is 12.0 Å². The minimum atomic E-state index is 0. The van der Waals surface area contributed by atoms with Crippen molar-refractivity contribution in [1.29, 1.82) is 0 Å². The Morgan fingerprint density at radius 1 is 1.20 bits per heavy atom. The first-order valence-corrected chi connectivity index (χ1v) is 8.73. The molecular formula is C21H21BrN2O. The van der Waals surface area contributed by atoms with Crippen LogP contribution in [0.25, 0.3) is 11.0 Å². The van der Waals surface area contributed by atoms with Gasteiger partial charge in [-0.2, -0.15) is 0 Å². The van der Waals surface area contributed by atoms with Crippen LogP contribution in [0, 0.1) is 0 Å². The third-order valence-electron chi connectivity index (χ3n) is 5.39. The second-order valence-electron chi connectivity index (χ2n) is 6.76. The van der Waals surface area contributed by atoms with Crippen LogP contribution in [0.15, 0.2) is 55.4 Å². The largest absolute Gasteiger partial charge is 1.00 e. The molecule has 4 heteroatoms.